The van der Waals surface area contributed by atoms with Crippen LogP contribution in [0.2, 0.25) is 0 Å². The molecule has 7 heteroatoms. The Morgan fingerprint density at radius 1 is 1.50 bits per heavy atom. The molecule has 1 aromatic rings. The summed E-state index contributed by atoms with van der Waals surface area (Å²) in [6, 6.07) is 2.85. The summed E-state index contributed by atoms with van der Waals surface area (Å²) in [6.07, 6.45) is 0.476. The third-order valence-corrected chi connectivity index (χ3v) is 2.21. The number of aliphatic hydroxyl groups is 1. The largest absolute Gasteiger partial charge is 0.479 e. The van der Waals surface area contributed by atoms with Crippen LogP contribution in [0.25, 0.3) is 0 Å². The van der Waals surface area contributed by atoms with E-state index in [4.69, 9.17) is 14.6 Å². The van der Waals surface area contributed by atoms with Crippen molar-refractivity contribution < 1.29 is 24.2 Å². The van der Waals surface area contributed by atoms with Crippen molar-refractivity contribution in [3.8, 4) is 0 Å². The molecule has 0 saturated heterocycles. The average molecular weight is 256 g/mol. The fourth-order valence-electron chi connectivity index (χ4n) is 1.33. The van der Waals surface area contributed by atoms with E-state index in [1.165, 1.54) is 0 Å². The van der Waals surface area contributed by atoms with Gasteiger partial charge in [0.15, 0.2) is 6.10 Å². The molecule has 0 radical (unpaired) electrons. The van der Waals surface area contributed by atoms with E-state index in [-0.39, 0.29) is 12.6 Å². The number of furan rings is 1. The molecule has 0 spiro atoms. The second kappa shape index (κ2) is 6.65. The first-order valence-corrected chi connectivity index (χ1v) is 5.46. The zero-order chi connectivity index (χ0) is 13.5. The van der Waals surface area contributed by atoms with Gasteiger partial charge in [-0.1, -0.05) is 0 Å². The van der Waals surface area contributed by atoms with Crippen molar-refractivity contribution in [2.45, 2.75) is 25.5 Å². The van der Waals surface area contributed by atoms with Crippen molar-refractivity contribution in [3.05, 3.63) is 24.2 Å². The van der Waals surface area contributed by atoms with E-state index in [2.05, 4.69) is 10.6 Å². The first-order chi connectivity index (χ1) is 8.49. The molecule has 0 aromatic carbocycles. The Kier molecular flexibility index (Phi) is 5.19. The predicted octanol–water partition coefficient (Wildman–Crippen LogP) is -0.0447. The van der Waals surface area contributed by atoms with Gasteiger partial charge in [-0.05, 0) is 19.1 Å². The van der Waals surface area contributed by atoms with Gasteiger partial charge >= 0.3 is 12.0 Å². The summed E-state index contributed by atoms with van der Waals surface area (Å²) in [4.78, 5) is 21.7. The number of hydrogen-bond acceptors (Lipinski definition) is 4. The summed E-state index contributed by atoms with van der Waals surface area (Å²) >= 11 is 0. The predicted molar refractivity (Wildman–Crippen MR) is 62.1 cm³/mol. The van der Waals surface area contributed by atoms with Crippen LogP contribution in [0.5, 0.6) is 0 Å². The number of rotatable bonds is 6. The summed E-state index contributed by atoms with van der Waals surface area (Å²) in [5, 5.41) is 22.2. The van der Waals surface area contributed by atoms with Gasteiger partial charge in [-0.3, -0.25) is 0 Å². The maximum Gasteiger partial charge on any atom is 0.334 e. The lowest BCUT2D eigenvalue weighted by Crippen LogP contribution is -2.45. The average Bonchev–Trinajstić information content (AvgIpc) is 2.78. The number of aliphatic hydroxyl groups excluding tert-OH is 1. The molecule has 0 aliphatic carbocycles. The lowest BCUT2D eigenvalue weighted by Gasteiger charge is -2.14. The van der Waals surface area contributed by atoms with Crippen LogP contribution in [0.1, 0.15) is 12.7 Å². The molecule has 1 aromatic heterocycles. The first-order valence-electron chi connectivity index (χ1n) is 5.46. The van der Waals surface area contributed by atoms with Crippen molar-refractivity contribution in [2.24, 2.45) is 0 Å². The minimum absolute atomic E-state index is 0.168. The second-order valence-corrected chi connectivity index (χ2v) is 3.89. The van der Waals surface area contributed by atoms with Crippen LogP contribution in [0.3, 0.4) is 0 Å². The van der Waals surface area contributed by atoms with Gasteiger partial charge in [0, 0.05) is 12.5 Å². The number of amides is 2. The molecule has 0 aliphatic rings. The quantitative estimate of drug-likeness (QED) is 0.570. The number of carbonyl (C=O) groups excluding carboxylic acids is 1. The highest BCUT2D eigenvalue weighted by atomic mass is 16.4. The Hall–Kier alpha value is -2.02. The topological polar surface area (TPSA) is 112 Å². The fraction of sp³-hybridized carbons (Fsp3) is 0.455. The van der Waals surface area contributed by atoms with E-state index in [1.54, 1.807) is 25.3 Å². The van der Waals surface area contributed by atoms with E-state index in [9.17, 15) is 9.59 Å². The molecule has 0 bridgehead atoms. The number of carboxylic acids is 1. The Labute approximate surface area is 104 Å². The fourth-order valence-corrected chi connectivity index (χ4v) is 1.33. The number of carboxylic acid groups (broad SMARTS) is 1. The highest BCUT2D eigenvalue weighted by Gasteiger charge is 2.15. The van der Waals surface area contributed by atoms with Crippen LogP contribution in [-0.4, -0.2) is 40.9 Å². The molecule has 4 N–H and O–H groups in total. The molecule has 18 heavy (non-hydrogen) atoms. The van der Waals surface area contributed by atoms with Gasteiger partial charge < -0.3 is 25.3 Å². The maximum absolute atomic E-state index is 11.4. The SMILES string of the molecule is CC(Cc1ccco1)NC(=O)NCC(O)C(=O)O. The van der Waals surface area contributed by atoms with Crippen molar-refractivity contribution in [3.63, 3.8) is 0 Å². The van der Waals surface area contributed by atoms with Gasteiger partial charge in [0.05, 0.1) is 12.8 Å². The first kappa shape index (κ1) is 14.0. The van der Waals surface area contributed by atoms with Crippen LogP contribution >= 0.6 is 0 Å². The molecule has 100 valence electrons. The summed E-state index contributed by atoms with van der Waals surface area (Å²) in [5.41, 5.74) is 0. The van der Waals surface area contributed by atoms with Crippen LogP contribution in [0.15, 0.2) is 22.8 Å². The Bertz CT molecular complexity index is 390. The molecule has 2 atom stereocenters. The van der Waals surface area contributed by atoms with Crippen LogP contribution in [-0.2, 0) is 11.2 Å². The number of aliphatic carboxylic acids is 1. The summed E-state index contributed by atoms with van der Waals surface area (Å²) in [7, 11) is 0. The third kappa shape index (κ3) is 4.88. The van der Waals surface area contributed by atoms with Crippen molar-refractivity contribution >= 4 is 12.0 Å². The van der Waals surface area contributed by atoms with E-state index in [0.717, 1.165) is 5.76 Å². The highest BCUT2D eigenvalue weighted by molar-refractivity contribution is 5.76. The van der Waals surface area contributed by atoms with E-state index >= 15 is 0 Å². The highest BCUT2D eigenvalue weighted by Crippen LogP contribution is 2.03. The Balaban J connectivity index is 2.25. The zero-order valence-corrected chi connectivity index (χ0v) is 9.92. The molecule has 7 nitrogen and oxygen atoms in total. The van der Waals surface area contributed by atoms with Crippen LogP contribution in [0.4, 0.5) is 4.79 Å². The Morgan fingerprint density at radius 3 is 2.78 bits per heavy atom. The van der Waals surface area contributed by atoms with Crippen molar-refractivity contribution in [2.75, 3.05) is 6.54 Å². The van der Waals surface area contributed by atoms with Crippen LogP contribution < -0.4 is 10.6 Å². The Morgan fingerprint density at radius 2 is 2.22 bits per heavy atom. The molecule has 0 saturated carbocycles. The normalized spacial score (nSPS) is 13.7. The molecular weight excluding hydrogens is 240 g/mol. The van der Waals surface area contributed by atoms with Gasteiger partial charge in [0.25, 0.3) is 0 Å². The molecule has 0 fully saturated rings. The summed E-state index contributed by atoms with van der Waals surface area (Å²) in [5.74, 6) is -0.632. The lowest BCUT2D eigenvalue weighted by molar-refractivity contribution is -0.146. The van der Waals surface area contributed by atoms with Crippen LogP contribution in [0, 0.1) is 0 Å². The van der Waals surface area contributed by atoms with Gasteiger partial charge in [-0.15, -0.1) is 0 Å². The number of nitrogens with one attached hydrogen (secondary N) is 2. The maximum atomic E-state index is 11.4. The number of hydrogen-bond donors (Lipinski definition) is 4. The van der Waals surface area contributed by atoms with Crippen molar-refractivity contribution in [1.82, 2.24) is 10.6 Å². The lowest BCUT2D eigenvalue weighted by atomic mass is 10.2. The monoisotopic (exact) mass is 256 g/mol. The number of carbonyl (C=O) groups is 2. The zero-order valence-electron chi connectivity index (χ0n) is 9.92. The second-order valence-electron chi connectivity index (χ2n) is 3.89. The van der Waals surface area contributed by atoms with Gasteiger partial charge in [-0.2, -0.15) is 0 Å². The summed E-state index contributed by atoms with van der Waals surface area (Å²) < 4.78 is 5.13. The molecule has 1 rings (SSSR count). The molecular formula is C11H16N2O5. The molecule has 2 unspecified atom stereocenters. The molecule has 1 heterocycles. The summed E-state index contributed by atoms with van der Waals surface area (Å²) in [6.45, 7) is 1.45. The van der Waals surface area contributed by atoms with E-state index in [0.29, 0.717) is 6.42 Å². The smallest absolute Gasteiger partial charge is 0.334 e. The van der Waals surface area contributed by atoms with Gasteiger partial charge in [0.1, 0.15) is 5.76 Å². The standard InChI is InChI=1S/C11H16N2O5/c1-7(5-8-3-2-4-18-8)13-11(17)12-6-9(14)10(15)16/h2-4,7,9,14H,5-6H2,1H3,(H,15,16)(H2,12,13,17). The van der Waals surface area contributed by atoms with E-state index in [1.807, 2.05) is 0 Å². The molecule has 2 amide bonds. The van der Waals surface area contributed by atoms with Crippen molar-refractivity contribution in [1.29, 1.82) is 0 Å². The minimum Gasteiger partial charge on any atom is -0.479 e. The van der Waals surface area contributed by atoms with Gasteiger partial charge in [-0.25, -0.2) is 9.59 Å². The minimum atomic E-state index is -1.60. The van der Waals surface area contributed by atoms with E-state index < -0.39 is 18.1 Å². The third-order valence-electron chi connectivity index (χ3n) is 2.21. The molecule has 0 aliphatic heterocycles. The number of urea groups is 1. The van der Waals surface area contributed by atoms with Gasteiger partial charge in [0.2, 0.25) is 0 Å².